The van der Waals surface area contributed by atoms with Crippen molar-refractivity contribution in [3.63, 3.8) is 0 Å². The van der Waals surface area contributed by atoms with Crippen LogP contribution in [0.1, 0.15) is 31.7 Å². The third-order valence-corrected chi connectivity index (χ3v) is 3.48. The average Bonchev–Trinajstić information content (AvgIpc) is 2.42. The fourth-order valence-corrected chi connectivity index (χ4v) is 2.53. The van der Waals surface area contributed by atoms with Crippen LogP contribution in [0.25, 0.3) is 0 Å². The zero-order chi connectivity index (χ0) is 13.5. The Labute approximate surface area is 116 Å². The van der Waals surface area contributed by atoms with Crippen LogP contribution < -0.4 is 4.74 Å². The predicted molar refractivity (Wildman–Crippen MR) is 77.5 cm³/mol. The van der Waals surface area contributed by atoms with Crippen molar-refractivity contribution < 1.29 is 9.47 Å². The molecule has 1 saturated heterocycles. The van der Waals surface area contributed by atoms with Crippen LogP contribution in [-0.2, 0) is 11.3 Å². The minimum absolute atomic E-state index is 0.418. The largest absolute Gasteiger partial charge is 0.494 e. The Kier molecular flexibility index (Phi) is 5.67. The summed E-state index contributed by atoms with van der Waals surface area (Å²) in [4.78, 5) is 2.34. The fourth-order valence-electron chi connectivity index (χ4n) is 2.53. The smallest absolute Gasteiger partial charge is 0.119 e. The lowest BCUT2D eigenvalue weighted by Gasteiger charge is -2.27. The van der Waals surface area contributed by atoms with E-state index >= 15 is 0 Å². The Morgan fingerprint density at radius 2 is 2.05 bits per heavy atom. The Morgan fingerprint density at radius 3 is 2.68 bits per heavy atom. The van der Waals surface area contributed by atoms with E-state index in [1.54, 1.807) is 0 Å². The van der Waals surface area contributed by atoms with Gasteiger partial charge in [0.05, 0.1) is 12.7 Å². The number of hydrogen-bond donors (Lipinski definition) is 0. The molecule has 0 spiro atoms. The first kappa shape index (κ1) is 14.4. The van der Waals surface area contributed by atoms with Gasteiger partial charge in [0.25, 0.3) is 0 Å². The maximum absolute atomic E-state index is 5.78. The highest BCUT2D eigenvalue weighted by atomic mass is 16.5. The topological polar surface area (TPSA) is 21.7 Å². The monoisotopic (exact) mass is 263 g/mol. The first-order valence-electron chi connectivity index (χ1n) is 7.30. The first-order valence-corrected chi connectivity index (χ1v) is 7.30. The van der Waals surface area contributed by atoms with Crippen molar-refractivity contribution in [1.29, 1.82) is 0 Å². The molecule has 0 aromatic heterocycles. The van der Waals surface area contributed by atoms with E-state index in [0.717, 1.165) is 32.1 Å². The standard InChI is InChI=1S/C16H25NO2/c1-3-18-15-9-7-14(8-10-15)12-17(2)13-16-6-4-5-11-19-16/h7-10,16H,3-6,11-13H2,1-2H3. The zero-order valence-corrected chi connectivity index (χ0v) is 12.1. The average molecular weight is 263 g/mol. The Morgan fingerprint density at radius 1 is 1.26 bits per heavy atom. The van der Waals surface area contributed by atoms with Gasteiger partial charge in [-0.05, 0) is 50.9 Å². The van der Waals surface area contributed by atoms with E-state index in [0.29, 0.717) is 6.10 Å². The van der Waals surface area contributed by atoms with Gasteiger partial charge >= 0.3 is 0 Å². The molecule has 1 atom stereocenters. The lowest BCUT2D eigenvalue weighted by Crippen LogP contribution is -2.33. The molecular formula is C16H25NO2. The minimum Gasteiger partial charge on any atom is -0.494 e. The van der Waals surface area contributed by atoms with E-state index in [-0.39, 0.29) is 0 Å². The molecule has 0 bridgehead atoms. The molecule has 19 heavy (non-hydrogen) atoms. The van der Waals surface area contributed by atoms with Gasteiger partial charge in [0.2, 0.25) is 0 Å². The molecule has 0 saturated carbocycles. The molecule has 2 rings (SSSR count). The van der Waals surface area contributed by atoms with Crippen LogP contribution in [0.4, 0.5) is 0 Å². The first-order chi connectivity index (χ1) is 9.28. The van der Waals surface area contributed by atoms with Crippen molar-refractivity contribution in [2.75, 3.05) is 26.8 Å². The second kappa shape index (κ2) is 7.51. The Bertz CT molecular complexity index is 358. The third-order valence-electron chi connectivity index (χ3n) is 3.48. The van der Waals surface area contributed by atoms with E-state index in [2.05, 4.69) is 24.1 Å². The number of nitrogens with zero attached hydrogens (tertiary/aromatic N) is 1. The molecule has 1 aliphatic heterocycles. The van der Waals surface area contributed by atoms with Gasteiger partial charge in [-0.15, -0.1) is 0 Å². The van der Waals surface area contributed by atoms with Gasteiger partial charge in [0.15, 0.2) is 0 Å². The molecule has 1 aromatic rings. The molecule has 0 radical (unpaired) electrons. The zero-order valence-electron chi connectivity index (χ0n) is 12.1. The highest BCUT2D eigenvalue weighted by Gasteiger charge is 2.15. The normalized spacial score (nSPS) is 19.6. The van der Waals surface area contributed by atoms with Crippen LogP contribution in [0.3, 0.4) is 0 Å². The summed E-state index contributed by atoms with van der Waals surface area (Å²) in [6, 6.07) is 8.38. The van der Waals surface area contributed by atoms with E-state index < -0.39 is 0 Å². The lowest BCUT2D eigenvalue weighted by atomic mass is 10.1. The molecule has 0 N–H and O–H groups in total. The van der Waals surface area contributed by atoms with Crippen LogP contribution in [-0.4, -0.2) is 37.8 Å². The highest BCUT2D eigenvalue weighted by molar-refractivity contribution is 5.27. The minimum atomic E-state index is 0.418. The molecule has 3 heteroatoms. The van der Waals surface area contributed by atoms with Gasteiger partial charge in [0.1, 0.15) is 5.75 Å². The summed E-state index contributed by atoms with van der Waals surface area (Å²) in [5.41, 5.74) is 1.32. The Hall–Kier alpha value is -1.06. The van der Waals surface area contributed by atoms with Crippen molar-refractivity contribution in [3.05, 3.63) is 29.8 Å². The summed E-state index contributed by atoms with van der Waals surface area (Å²) in [6.07, 6.45) is 4.15. The molecule has 3 nitrogen and oxygen atoms in total. The van der Waals surface area contributed by atoms with Crippen LogP contribution in [0.15, 0.2) is 24.3 Å². The summed E-state index contributed by atoms with van der Waals surface area (Å²) in [5.74, 6) is 0.949. The van der Waals surface area contributed by atoms with E-state index in [4.69, 9.17) is 9.47 Å². The summed E-state index contributed by atoms with van der Waals surface area (Å²) < 4.78 is 11.2. The quantitative estimate of drug-likeness (QED) is 0.787. The number of likely N-dealkylation sites (N-methyl/N-ethyl adjacent to an activating group) is 1. The van der Waals surface area contributed by atoms with Gasteiger partial charge < -0.3 is 9.47 Å². The summed E-state index contributed by atoms with van der Waals surface area (Å²) in [5, 5.41) is 0. The SMILES string of the molecule is CCOc1ccc(CN(C)CC2CCCCO2)cc1. The molecule has 1 aliphatic rings. The van der Waals surface area contributed by atoms with E-state index in [1.807, 2.05) is 19.1 Å². The third kappa shape index (κ3) is 4.84. The molecule has 0 aliphatic carbocycles. The second-order valence-electron chi connectivity index (χ2n) is 5.26. The fraction of sp³-hybridized carbons (Fsp3) is 0.625. The summed E-state index contributed by atoms with van der Waals surface area (Å²) >= 11 is 0. The maximum atomic E-state index is 5.78. The van der Waals surface area contributed by atoms with Crippen molar-refractivity contribution in [1.82, 2.24) is 4.90 Å². The lowest BCUT2D eigenvalue weighted by molar-refractivity contribution is -0.00259. The molecule has 106 valence electrons. The van der Waals surface area contributed by atoms with Crippen LogP contribution in [0.2, 0.25) is 0 Å². The maximum Gasteiger partial charge on any atom is 0.119 e. The number of ether oxygens (including phenoxy) is 2. The predicted octanol–water partition coefficient (Wildman–Crippen LogP) is 3.09. The van der Waals surface area contributed by atoms with Crippen LogP contribution in [0, 0.1) is 0 Å². The molecule has 0 amide bonds. The van der Waals surface area contributed by atoms with Crippen LogP contribution >= 0.6 is 0 Å². The van der Waals surface area contributed by atoms with Gasteiger partial charge in [-0.2, -0.15) is 0 Å². The van der Waals surface area contributed by atoms with Crippen molar-refractivity contribution in [2.24, 2.45) is 0 Å². The van der Waals surface area contributed by atoms with Gasteiger partial charge in [0, 0.05) is 19.7 Å². The van der Waals surface area contributed by atoms with E-state index in [9.17, 15) is 0 Å². The molecular weight excluding hydrogens is 238 g/mol. The molecule has 1 unspecified atom stereocenters. The molecule has 1 fully saturated rings. The van der Waals surface area contributed by atoms with Crippen molar-refractivity contribution in [2.45, 2.75) is 38.8 Å². The van der Waals surface area contributed by atoms with Gasteiger partial charge in [-0.25, -0.2) is 0 Å². The van der Waals surface area contributed by atoms with Gasteiger partial charge in [-0.3, -0.25) is 4.90 Å². The van der Waals surface area contributed by atoms with Gasteiger partial charge in [-0.1, -0.05) is 12.1 Å². The number of hydrogen-bond acceptors (Lipinski definition) is 3. The highest BCUT2D eigenvalue weighted by Crippen LogP contribution is 2.16. The molecule has 1 heterocycles. The summed E-state index contributed by atoms with van der Waals surface area (Å²) in [6.45, 7) is 5.64. The number of benzene rings is 1. The summed E-state index contributed by atoms with van der Waals surface area (Å²) in [7, 11) is 2.16. The molecule has 1 aromatic carbocycles. The van der Waals surface area contributed by atoms with Crippen molar-refractivity contribution in [3.8, 4) is 5.75 Å². The van der Waals surface area contributed by atoms with Crippen molar-refractivity contribution >= 4 is 0 Å². The Balaban J connectivity index is 1.78. The van der Waals surface area contributed by atoms with E-state index in [1.165, 1.54) is 24.8 Å². The van der Waals surface area contributed by atoms with Crippen LogP contribution in [0.5, 0.6) is 5.75 Å². The number of rotatable bonds is 6. The second-order valence-corrected chi connectivity index (χ2v) is 5.26.